The highest BCUT2D eigenvalue weighted by atomic mass is 16.7. The zero-order valence-corrected chi connectivity index (χ0v) is 18.7. The second-order valence-electron chi connectivity index (χ2n) is 8.18. The minimum Gasteiger partial charge on any atom is -0.353 e. The van der Waals surface area contributed by atoms with Gasteiger partial charge in [-0.2, -0.15) is 0 Å². The highest BCUT2D eigenvalue weighted by Gasteiger charge is 2.09. The summed E-state index contributed by atoms with van der Waals surface area (Å²) < 4.78 is 12.0. The fourth-order valence-electron chi connectivity index (χ4n) is 3.38. The van der Waals surface area contributed by atoms with E-state index in [0.29, 0.717) is 0 Å². The van der Waals surface area contributed by atoms with Gasteiger partial charge in [0.05, 0.1) is 0 Å². The molecule has 158 valence electrons. The summed E-state index contributed by atoms with van der Waals surface area (Å²) in [4.78, 5) is 0. The van der Waals surface area contributed by atoms with Gasteiger partial charge in [-0.25, -0.2) is 0 Å². The molecule has 0 aromatic carbocycles. The van der Waals surface area contributed by atoms with Crippen molar-refractivity contribution in [2.75, 3.05) is 13.2 Å². The molecule has 0 N–H and O–H groups in total. The van der Waals surface area contributed by atoms with Gasteiger partial charge in [0.25, 0.3) is 0 Å². The van der Waals surface area contributed by atoms with Gasteiger partial charge in [-0.3, -0.25) is 0 Å². The van der Waals surface area contributed by atoms with E-state index in [-0.39, 0.29) is 6.29 Å². The van der Waals surface area contributed by atoms with Gasteiger partial charge in [0.15, 0.2) is 6.29 Å². The van der Waals surface area contributed by atoms with E-state index in [1.807, 2.05) is 0 Å². The lowest BCUT2D eigenvalue weighted by Gasteiger charge is -2.19. The predicted octanol–water partition coefficient (Wildman–Crippen LogP) is 8.28. The quantitative estimate of drug-likeness (QED) is 0.149. The molecule has 1 unspecified atom stereocenters. The van der Waals surface area contributed by atoms with Crippen LogP contribution in [0.3, 0.4) is 0 Å². The zero-order chi connectivity index (χ0) is 19.3. The van der Waals surface area contributed by atoms with Gasteiger partial charge in [-0.15, -0.1) is 0 Å². The van der Waals surface area contributed by atoms with E-state index in [2.05, 4.69) is 27.7 Å². The maximum atomic E-state index is 6.00. The van der Waals surface area contributed by atoms with Gasteiger partial charge in [-0.1, -0.05) is 105 Å². The van der Waals surface area contributed by atoms with Crippen LogP contribution in [0, 0.1) is 5.92 Å². The van der Waals surface area contributed by atoms with Crippen molar-refractivity contribution in [3.8, 4) is 0 Å². The second kappa shape index (κ2) is 21.2. The SMILES string of the molecule is CCCCCOC(CCCCCCCC(C)CCCC)OCCCCC. The van der Waals surface area contributed by atoms with Gasteiger partial charge in [0.2, 0.25) is 0 Å². The number of hydrogen-bond donors (Lipinski definition) is 0. The molecule has 0 aromatic heterocycles. The predicted molar refractivity (Wildman–Crippen MR) is 116 cm³/mol. The van der Waals surface area contributed by atoms with Crippen molar-refractivity contribution in [1.29, 1.82) is 0 Å². The number of rotatable bonds is 21. The zero-order valence-electron chi connectivity index (χ0n) is 18.7. The highest BCUT2D eigenvalue weighted by Crippen LogP contribution is 2.17. The summed E-state index contributed by atoms with van der Waals surface area (Å²) in [6.45, 7) is 10.9. The summed E-state index contributed by atoms with van der Waals surface area (Å²) in [5, 5.41) is 0. The molecule has 26 heavy (non-hydrogen) atoms. The van der Waals surface area contributed by atoms with Gasteiger partial charge in [0, 0.05) is 13.2 Å². The molecule has 0 saturated carbocycles. The van der Waals surface area contributed by atoms with E-state index in [1.54, 1.807) is 0 Å². The molecule has 1 atom stereocenters. The Labute approximate surface area is 165 Å². The van der Waals surface area contributed by atoms with Crippen LogP contribution in [0.15, 0.2) is 0 Å². The molecule has 0 saturated heterocycles. The van der Waals surface area contributed by atoms with E-state index in [1.165, 1.54) is 96.3 Å². The number of ether oxygens (including phenoxy) is 2. The molecular formula is C24H50O2. The smallest absolute Gasteiger partial charge is 0.157 e. The fraction of sp³-hybridized carbons (Fsp3) is 1.00. The first-order valence-electron chi connectivity index (χ1n) is 12.0. The molecule has 0 aliphatic rings. The van der Waals surface area contributed by atoms with Crippen molar-refractivity contribution >= 4 is 0 Å². The second-order valence-corrected chi connectivity index (χ2v) is 8.18. The van der Waals surface area contributed by atoms with Crippen molar-refractivity contribution in [3.63, 3.8) is 0 Å². The van der Waals surface area contributed by atoms with Crippen LogP contribution in [0.1, 0.15) is 130 Å². The normalized spacial score (nSPS) is 12.8. The van der Waals surface area contributed by atoms with Gasteiger partial charge < -0.3 is 9.47 Å². The topological polar surface area (TPSA) is 18.5 Å². The third kappa shape index (κ3) is 18.7. The Morgan fingerprint density at radius 3 is 1.50 bits per heavy atom. The minimum absolute atomic E-state index is 0.0396. The molecule has 0 fully saturated rings. The number of unbranched alkanes of at least 4 members (excludes halogenated alkanes) is 9. The molecule has 0 radical (unpaired) electrons. The first-order chi connectivity index (χ1) is 12.7. The molecule has 0 amide bonds. The van der Waals surface area contributed by atoms with Crippen LogP contribution in [0.4, 0.5) is 0 Å². The molecule has 0 heterocycles. The third-order valence-electron chi connectivity index (χ3n) is 5.29. The van der Waals surface area contributed by atoms with Crippen molar-refractivity contribution in [3.05, 3.63) is 0 Å². The molecule has 0 aliphatic heterocycles. The van der Waals surface area contributed by atoms with E-state index in [9.17, 15) is 0 Å². The van der Waals surface area contributed by atoms with E-state index in [4.69, 9.17) is 9.47 Å². The lowest BCUT2D eigenvalue weighted by atomic mass is 9.97. The monoisotopic (exact) mass is 370 g/mol. The Kier molecular flexibility index (Phi) is 21.2. The average Bonchev–Trinajstić information content (AvgIpc) is 2.65. The van der Waals surface area contributed by atoms with E-state index < -0.39 is 0 Å². The van der Waals surface area contributed by atoms with E-state index >= 15 is 0 Å². The Balaban J connectivity index is 3.68. The summed E-state index contributed by atoms with van der Waals surface area (Å²) in [6, 6.07) is 0. The Morgan fingerprint density at radius 2 is 0.962 bits per heavy atom. The first-order valence-corrected chi connectivity index (χ1v) is 12.0. The molecular weight excluding hydrogens is 320 g/mol. The summed E-state index contributed by atoms with van der Waals surface area (Å²) in [7, 11) is 0. The standard InChI is InChI=1S/C24H50O2/c1-5-8-16-21-25-24(26-22-17-9-6-2)20-15-13-11-12-14-19-23(4)18-10-7-3/h23-24H,5-22H2,1-4H3. The molecule has 0 spiro atoms. The molecule has 2 heteroatoms. The first kappa shape index (κ1) is 25.9. The maximum Gasteiger partial charge on any atom is 0.157 e. The maximum absolute atomic E-state index is 6.00. The number of hydrogen-bond acceptors (Lipinski definition) is 2. The Bertz CT molecular complexity index is 243. The Hall–Kier alpha value is -0.0800. The van der Waals surface area contributed by atoms with Gasteiger partial charge in [-0.05, 0) is 31.6 Å². The van der Waals surface area contributed by atoms with Crippen molar-refractivity contribution in [2.45, 2.75) is 137 Å². The van der Waals surface area contributed by atoms with Crippen LogP contribution in [-0.2, 0) is 9.47 Å². The summed E-state index contributed by atoms with van der Waals surface area (Å²) in [5.74, 6) is 0.923. The summed E-state index contributed by atoms with van der Waals surface area (Å²) in [5.41, 5.74) is 0. The lowest BCUT2D eigenvalue weighted by Crippen LogP contribution is -2.19. The van der Waals surface area contributed by atoms with Crippen LogP contribution >= 0.6 is 0 Å². The van der Waals surface area contributed by atoms with Crippen molar-refractivity contribution in [2.24, 2.45) is 5.92 Å². The largest absolute Gasteiger partial charge is 0.353 e. The molecule has 0 aromatic rings. The molecule has 0 bridgehead atoms. The van der Waals surface area contributed by atoms with Crippen LogP contribution in [-0.4, -0.2) is 19.5 Å². The van der Waals surface area contributed by atoms with E-state index in [0.717, 1.165) is 25.6 Å². The van der Waals surface area contributed by atoms with Crippen molar-refractivity contribution < 1.29 is 9.47 Å². The molecule has 0 rings (SSSR count). The lowest BCUT2D eigenvalue weighted by molar-refractivity contribution is -0.148. The van der Waals surface area contributed by atoms with Gasteiger partial charge in [0.1, 0.15) is 0 Å². The van der Waals surface area contributed by atoms with Crippen LogP contribution < -0.4 is 0 Å². The third-order valence-corrected chi connectivity index (χ3v) is 5.29. The average molecular weight is 371 g/mol. The molecule has 0 aliphatic carbocycles. The van der Waals surface area contributed by atoms with Crippen LogP contribution in [0.2, 0.25) is 0 Å². The Morgan fingerprint density at radius 1 is 0.500 bits per heavy atom. The summed E-state index contributed by atoms with van der Waals surface area (Å²) in [6.07, 6.45) is 20.8. The van der Waals surface area contributed by atoms with Crippen molar-refractivity contribution in [1.82, 2.24) is 0 Å². The fourth-order valence-corrected chi connectivity index (χ4v) is 3.38. The van der Waals surface area contributed by atoms with Gasteiger partial charge >= 0.3 is 0 Å². The molecule has 2 nitrogen and oxygen atoms in total. The van der Waals surface area contributed by atoms with Crippen LogP contribution in [0.25, 0.3) is 0 Å². The van der Waals surface area contributed by atoms with Crippen LogP contribution in [0.5, 0.6) is 0 Å². The summed E-state index contributed by atoms with van der Waals surface area (Å²) >= 11 is 0. The highest BCUT2D eigenvalue weighted by molar-refractivity contribution is 4.55. The minimum atomic E-state index is 0.0396.